The molecule has 0 aromatic carbocycles. The summed E-state index contributed by atoms with van der Waals surface area (Å²) in [5.41, 5.74) is 5.60. The first-order valence-electron chi connectivity index (χ1n) is 5.44. The van der Waals surface area contributed by atoms with Gasteiger partial charge in [-0.25, -0.2) is 0 Å². The maximum absolute atomic E-state index is 5.60. The van der Waals surface area contributed by atoms with Crippen LogP contribution in [0, 0.1) is 0 Å². The minimum atomic E-state index is 0.315. The Kier molecular flexibility index (Phi) is 6.56. The van der Waals surface area contributed by atoms with Crippen LogP contribution in [0.3, 0.4) is 0 Å². The van der Waals surface area contributed by atoms with Crippen molar-refractivity contribution in [1.82, 2.24) is 15.0 Å². The summed E-state index contributed by atoms with van der Waals surface area (Å²) in [6.07, 6.45) is 6.98. The van der Waals surface area contributed by atoms with E-state index in [9.17, 15) is 0 Å². The number of nitrogens with zero attached hydrogens (tertiary/aromatic N) is 3. The van der Waals surface area contributed by atoms with Crippen LogP contribution < -0.4 is 5.73 Å². The molecule has 2 N–H and O–H groups in total. The fourth-order valence-electron chi connectivity index (χ4n) is 1.20. The molecule has 16 heavy (non-hydrogen) atoms. The molecule has 0 aliphatic heterocycles. The lowest BCUT2D eigenvalue weighted by Crippen LogP contribution is -2.00. The molecule has 0 fully saturated rings. The lowest BCUT2D eigenvalue weighted by Gasteiger charge is -2.02. The normalized spacial score (nSPS) is 10.6. The van der Waals surface area contributed by atoms with Gasteiger partial charge in [-0.15, -0.1) is 0 Å². The third-order valence-electron chi connectivity index (χ3n) is 2.02. The molecule has 4 nitrogen and oxygen atoms in total. The maximum Gasteiger partial charge on any atom is 0.225 e. The standard InChI is InChI=1S/C10H18N4S2/c1-3-4-5-6-7-16-10-13-8(11)12-9(14-10)15-2/h3-7H2,1-2H3,(H2,11,12,13,14). The van der Waals surface area contributed by atoms with Gasteiger partial charge in [-0.1, -0.05) is 49.7 Å². The second-order valence-electron chi connectivity index (χ2n) is 3.37. The molecule has 1 rings (SSSR count). The molecular formula is C10H18N4S2. The molecule has 0 aliphatic carbocycles. The summed E-state index contributed by atoms with van der Waals surface area (Å²) in [6, 6.07) is 0. The highest BCUT2D eigenvalue weighted by Gasteiger charge is 2.03. The summed E-state index contributed by atoms with van der Waals surface area (Å²) in [5, 5.41) is 1.44. The van der Waals surface area contributed by atoms with Crippen molar-refractivity contribution in [2.75, 3.05) is 17.7 Å². The van der Waals surface area contributed by atoms with Crippen LogP contribution in [0.5, 0.6) is 0 Å². The van der Waals surface area contributed by atoms with E-state index in [-0.39, 0.29) is 0 Å². The molecular weight excluding hydrogens is 240 g/mol. The molecule has 0 bridgehead atoms. The molecule has 0 unspecified atom stereocenters. The Morgan fingerprint density at radius 2 is 1.81 bits per heavy atom. The predicted molar refractivity (Wildman–Crippen MR) is 70.9 cm³/mol. The molecule has 6 heteroatoms. The van der Waals surface area contributed by atoms with E-state index in [1.165, 1.54) is 37.4 Å². The monoisotopic (exact) mass is 258 g/mol. The molecule has 0 saturated carbocycles. The van der Waals surface area contributed by atoms with E-state index in [4.69, 9.17) is 5.73 Å². The average Bonchev–Trinajstić information content (AvgIpc) is 2.28. The van der Waals surface area contributed by atoms with Crippen LogP contribution >= 0.6 is 23.5 Å². The van der Waals surface area contributed by atoms with Crippen LogP contribution in [0.15, 0.2) is 10.3 Å². The van der Waals surface area contributed by atoms with Crippen molar-refractivity contribution in [3.63, 3.8) is 0 Å². The predicted octanol–water partition coefficient (Wildman–Crippen LogP) is 2.85. The second kappa shape index (κ2) is 7.73. The second-order valence-corrected chi connectivity index (χ2v) is 5.21. The number of hydrogen-bond acceptors (Lipinski definition) is 6. The molecule has 1 aromatic rings. The van der Waals surface area contributed by atoms with Crippen molar-refractivity contribution in [3.8, 4) is 0 Å². The van der Waals surface area contributed by atoms with E-state index < -0.39 is 0 Å². The lowest BCUT2D eigenvalue weighted by atomic mass is 10.2. The highest BCUT2D eigenvalue weighted by molar-refractivity contribution is 7.99. The lowest BCUT2D eigenvalue weighted by molar-refractivity contribution is 0.705. The maximum atomic E-state index is 5.60. The topological polar surface area (TPSA) is 64.7 Å². The molecule has 0 aliphatic rings. The van der Waals surface area contributed by atoms with Crippen molar-refractivity contribution in [3.05, 3.63) is 0 Å². The molecule has 0 atom stereocenters. The van der Waals surface area contributed by atoms with E-state index in [1.807, 2.05) is 6.26 Å². The molecule has 1 aromatic heterocycles. The van der Waals surface area contributed by atoms with Crippen LogP contribution in [0.2, 0.25) is 0 Å². The summed E-state index contributed by atoms with van der Waals surface area (Å²) in [5.74, 6) is 1.37. The average molecular weight is 258 g/mol. The Balaban J connectivity index is 2.38. The fourth-order valence-corrected chi connectivity index (χ4v) is 2.46. The van der Waals surface area contributed by atoms with Gasteiger partial charge in [0.05, 0.1) is 0 Å². The highest BCUT2D eigenvalue weighted by atomic mass is 32.2. The van der Waals surface area contributed by atoms with Gasteiger partial charge in [-0.3, -0.25) is 0 Å². The molecule has 0 radical (unpaired) electrons. The first-order chi connectivity index (χ1) is 7.76. The zero-order chi connectivity index (χ0) is 11.8. The molecule has 0 spiro atoms. The fraction of sp³-hybridized carbons (Fsp3) is 0.700. The Bertz CT molecular complexity index is 320. The van der Waals surface area contributed by atoms with Gasteiger partial charge in [-0.05, 0) is 12.7 Å². The van der Waals surface area contributed by atoms with Crippen LogP contribution in [-0.4, -0.2) is 27.0 Å². The molecule has 1 heterocycles. The summed E-state index contributed by atoms with van der Waals surface area (Å²) in [6.45, 7) is 2.21. The van der Waals surface area contributed by atoms with Crippen LogP contribution in [0.4, 0.5) is 5.95 Å². The Morgan fingerprint density at radius 1 is 1.06 bits per heavy atom. The number of aromatic nitrogens is 3. The largest absolute Gasteiger partial charge is 0.368 e. The van der Waals surface area contributed by atoms with Gasteiger partial charge in [0.2, 0.25) is 5.95 Å². The van der Waals surface area contributed by atoms with Gasteiger partial charge in [0.1, 0.15) is 0 Å². The number of rotatable bonds is 7. The number of anilines is 1. The van der Waals surface area contributed by atoms with Crippen molar-refractivity contribution < 1.29 is 0 Å². The Morgan fingerprint density at radius 3 is 2.50 bits per heavy atom. The summed E-state index contributed by atoms with van der Waals surface area (Å²) >= 11 is 3.15. The molecule has 0 amide bonds. The number of thioether (sulfide) groups is 2. The van der Waals surface area contributed by atoms with E-state index in [0.29, 0.717) is 11.1 Å². The van der Waals surface area contributed by atoms with Gasteiger partial charge in [0.15, 0.2) is 10.3 Å². The van der Waals surface area contributed by atoms with Crippen molar-refractivity contribution >= 4 is 29.5 Å². The number of unbranched alkanes of at least 4 members (excludes halogenated alkanes) is 3. The van der Waals surface area contributed by atoms with Crippen molar-refractivity contribution in [2.24, 2.45) is 0 Å². The van der Waals surface area contributed by atoms with E-state index in [0.717, 1.165) is 10.9 Å². The minimum absolute atomic E-state index is 0.315. The Hall–Kier alpha value is -0.490. The smallest absolute Gasteiger partial charge is 0.225 e. The van der Waals surface area contributed by atoms with Crippen LogP contribution in [0.1, 0.15) is 32.6 Å². The zero-order valence-corrected chi connectivity index (χ0v) is 11.4. The van der Waals surface area contributed by atoms with Crippen molar-refractivity contribution in [1.29, 1.82) is 0 Å². The summed E-state index contributed by atoms with van der Waals surface area (Å²) in [7, 11) is 0. The van der Waals surface area contributed by atoms with E-state index in [1.54, 1.807) is 11.8 Å². The van der Waals surface area contributed by atoms with Crippen molar-refractivity contribution in [2.45, 2.75) is 42.9 Å². The summed E-state index contributed by atoms with van der Waals surface area (Å²) < 4.78 is 0. The minimum Gasteiger partial charge on any atom is -0.368 e. The number of nitrogens with two attached hydrogens (primary N) is 1. The van der Waals surface area contributed by atoms with Crippen LogP contribution in [0.25, 0.3) is 0 Å². The SMILES string of the molecule is CCCCCCSc1nc(N)nc(SC)n1. The highest BCUT2D eigenvalue weighted by Crippen LogP contribution is 2.19. The number of nitrogen functional groups attached to an aromatic ring is 1. The molecule has 90 valence electrons. The van der Waals surface area contributed by atoms with E-state index >= 15 is 0 Å². The van der Waals surface area contributed by atoms with Gasteiger partial charge < -0.3 is 5.73 Å². The Labute approximate surface area is 105 Å². The van der Waals surface area contributed by atoms with Gasteiger partial charge in [0, 0.05) is 5.75 Å². The van der Waals surface area contributed by atoms with Gasteiger partial charge in [0.25, 0.3) is 0 Å². The van der Waals surface area contributed by atoms with Crippen LogP contribution in [-0.2, 0) is 0 Å². The van der Waals surface area contributed by atoms with Gasteiger partial charge >= 0.3 is 0 Å². The number of hydrogen-bond donors (Lipinski definition) is 1. The third-order valence-corrected chi connectivity index (χ3v) is 3.50. The zero-order valence-electron chi connectivity index (χ0n) is 9.77. The summed E-state index contributed by atoms with van der Waals surface area (Å²) in [4.78, 5) is 12.4. The first kappa shape index (κ1) is 13.6. The van der Waals surface area contributed by atoms with Gasteiger partial charge in [-0.2, -0.15) is 15.0 Å². The molecule has 0 saturated heterocycles. The van der Waals surface area contributed by atoms with E-state index in [2.05, 4.69) is 21.9 Å². The quantitative estimate of drug-likeness (QED) is 0.599. The first-order valence-corrected chi connectivity index (χ1v) is 7.65. The third kappa shape index (κ3) is 5.03.